The van der Waals surface area contributed by atoms with E-state index in [1.807, 2.05) is 12.1 Å². The molecule has 1 atom stereocenters. The van der Waals surface area contributed by atoms with E-state index in [0.717, 1.165) is 31.7 Å². The number of hydrogen-bond donors (Lipinski definition) is 2. The van der Waals surface area contributed by atoms with E-state index < -0.39 is 0 Å². The van der Waals surface area contributed by atoms with E-state index >= 15 is 0 Å². The average molecular weight is 263 g/mol. The van der Waals surface area contributed by atoms with Gasteiger partial charge < -0.3 is 15.7 Å². The van der Waals surface area contributed by atoms with Crippen LogP contribution in [-0.4, -0.2) is 54.2 Å². The van der Waals surface area contributed by atoms with Crippen LogP contribution in [0.1, 0.15) is 24.9 Å². The molecule has 1 aromatic rings. The average Bonchev–Trinajstić information content (AvgIpc) is 2.42. The molecule has 2 rings (SSSR count). The van der Waals surface area contributed by atoms with Crippen LogP contribution in [0, 0.1) is 0 Å². The third-order valence-corrected chi connectivity index (χ3v) is 3.87. The van der Waals surface area contributed by atoms with Crippen molar-refractivity contribution in [3.8, 4) is 5.75 Å². The second-order valence-electron chi connectivity index (χ2n) is 5.22. The van der Waals surface area contributed by atoms with Crippen LogP contribution in [0.3, 0.4) is 0 Å². The second-order valence-corrected chi connectivity index (χ2v) is 5.22. The SMILES string of the molecule is CCCN1CCN(C(CN)c2cccc(O)c2)CC1. The highest BCUT2D eigenvalue weighted by Crippen LogP contribution is 2.24. The number of phenolic OH excluding ortho intramolecular Hbond substituents is 1. The highest BCUT2D eigenvalue weighted by molar-refractivity contribution is 5.29. The van der Waals surface area contributed by atoms with Gasteiger partial charge in [-0.3, -0.25) is 4.90 Å². The standard InChI is InChI=1S/C15H25N3O/c1-2-6-17-7-9-18(10-8-17)15(12-16)13-4-3-5-14(19)11-13/h3-5,11,15,19H,2,6-10,12,16H2,1H3. The fourth-order valence-electron chi connectivity index (χ4n) is 2.84. The minimum Gasteiger partial charge on any atom is -0.508 e. The van der Waals surface area contributed by atoms with Gasteiger partial charge in [-0.1, -0.05) is 19.1 Å². The van der Waals surface area contributed by atoms with Gasteiger partial charge in [0.1, 0.15) is 5.75 Å². The number of rotatable bonds is 5. The lowest BCUT2D eigenvalue weighted by atomic mass is 10.0. The van der Waals surface area contributed by atoms with Crippen molar-refractivity contribution in [1.29, 1.82) is 0 Å². The number of piperazine rings is 1. The van der Waals surface area contributed by atoms with Crippen LogP contribution in [0.25, 0.3) is 0 Å². The summed E-state index contributed by atoms with van der Waals surface area (Å²) in [5.41, 5.74) is 7.06. The van der Waals surface area contributed by atoms with Crippen LogP contribution < -0.4 is 5.73 Å². The molecule has 1 saturated heterocycles. The predicted octanol–water partition coefficient (Wildman–Crippen LogP) is 1.42. The van der Waals surface area contributed by atoms with Gasteiger partial charge in [0.05, 0.1) is 0 Å². The highest BCUT2D eigenvalue weighted by atomic mass is 16.3. The van der Waals surface area contributed by atoms with E-state index in [4.69, 9.17) is 5.73 Å². The largest absolute Gasteiger partial charge is 0.508 e. The first-order valence-corrected chi connectivity index (χ1v) is 7.20. The summed E-state index contributed by atoms with van der Waals surface area (Å²) in [5.74, 6) is 0.320. The molecule has 1 aromatic carbocycles. The van der Waals surface area contributed by atoms with E-state index in [-0.39, 0.29) is 6.04 Å². The van der Waals surface area contributed by atoms with Crippen molar-refractivity contribution in [2.75, 3.05) is 39.3 Å². The van der Waals surface area contributed by atoms with E-state index in [1.165, 1.54) is 13.0 Å². The van der Waals surface area contributed by atoms with Crippen LogP contribution in [0.15, 0.2) is 24.3 Å². The molecule has 0 amide bonds. The topological polar surface area (TPSA) is 52.7 Å². The van der Waals surface area contributed by atoms with Gasteiger partial charge in [0, 0.05) is 38.8 Å². The Morgan fingerprint density at radius 1 is 1.26 bits per heavy atom. The van der Waals surface area contributed by atoms with Crippen LogP contribution in [-0.2, 0) is 0 Å². The van der Waals surface area contributed by atoms with Gasteiger partial charge in [0.15, 0.2) is 0 Å². The summed E-state index contributed by atoms with van der Waals surface area (Å²) in [6.45, 7) is 8.34. The molecule has 106 valence electrons. The minimum absolute atomic E-state index is 0.218. The molecule has 0 bridgehead atoms. The Morgan fingerprint density at radius 3 is 2.58 bits per heavy atom. The third kappa shape index (κ3) is 3.69. The Bertz CT molecular complexity index is 389. The monoisotopic (exact) mass is 263 g/mol. The minimum atomic E-state index is 0.218. The van der Waals surface area contributed by atoms with E-state index in [1.54, 1.807) is 6.07 Å². The van der Waals surface area contributed by atoms with Crippen molar-refractivity contribution >= 4 is 0 Å². The summed E-state index contributed by atoms with van der Waals surface area (Å²) < 4.78 is 0. The first-order valence-electron chi connectivity index (χ1n) is 7.20. The van der Waals surface area contributed by atoms with E-state index in [2.05, 4.69) is 22.8 Å². The molecule has 0 aromatic heterocycles. The van der Waals surface area contributed by atoms with Gasteiger partial charge in [-0.15, -0.1) is 0 Å². The Labute approximate surface area is 115 Å². The molecule has 1 aliphatic heterocycles. The van der Waals surface area contributed by atoms with E-state index in [9.17, 15) is 5.11 Å². The molecule has 1 unspecified atom stereocenters. The fraction of sp³-hybridized carbons (Fsp3) is 0.600. The number of aromatic hydroxyl groups is 1. The van der Waals surface area contributed by atoms with Crippen LogP contribution in [0.5, 0.6) is 5.75 Å². The van der Waals surface area contributed by atoms with Crippen LogP contribution in [0.4, 0.5) is 0 Å². The first kappa shape index (κ1) is 14.3. The van der Waals surface area contributed by atoms with Crippen molar-refractivity contribution in [1.82, 2.24) is 9.80 Å². The Kier molecular flexibility index (Phi) is 5.19. The molecule has 3 N–H and O–H groups in total. The summed E-state index contributed by atoms with van der Waals surface area (Å²) in [6, 6.07) is 7.69. The maximum Gasteiger partial charge on any atom is 0.115 e. The van der Waals surface area contributed by atoms with Gasteiger partial charge in [0.2, 0.25) is 0 Å². The number of nitrogens with two attached hydrogens (primary N) is 1. The van der Waals surface area contributed by atoms with Crippen molar-refractivity contribution in [3.63, 3.8) is 0 Å². The maximum atomic E-state index is 9.60. The quantitative estimate of drug-likeness (QED) is 0.843. The maximum absolute atomic E-state index is 9.60. The Balaban J connectivity index is 1.99. The third-order valence-electron chi connectivity index (χ3n) is 3.87. The number of phenols is 1. The van der Waals surface area contributed by atoms with Gasteiger partial charge in [-0.25, -0.2) is 0 Å². The molecular weight excluding hydrogens is 238 g/mol. The lowest BCUT2D eigenvalue weighted by molar-refractivity contribution is 0.0985. The number of benzene rings is 1. The van der Waals surface area contributed by atoms with Crippen LogP contribution >= 0.6 is 0 Å². The zero-order valence-electron chi connectivity index (χ0n) is 11.8. The molecule has 1 fully saturated rings. The smallest absolute Gasteiger partial charge is 0.115 e. The van der Waals surface area contributed by atoms with Gasteiger partial charge >= 0.3 is 0 Å². The van der Waals surface area contributed by atoms with Crippen molar-refractivity contribution < 1.29 is 5.11 Å². The number of nitrogens with zero attached hydrogens (tertiary/aromatic N) is 2. The summed E-state index contributed by atoms with van der Waals surface area (Å²) >= 11 is 0. The summed E-state index contributed by atoms with van der Waals surface area (Å²) in [5, 5.41) is 9.60. The van der Waals surface area contributed by atoms with Gasteiger partial charge in [-0.05, 0) is 30.7 Å². The molecule has 0 saturated carbocycles. The van der Waals surface area contributed by atoms with E-state index in [0.29, 0.717) is 12.3 Å². The highest BCUT2D eigenvalue weighted by Gasteiger charge is 2.23. The molecule has 4 nitrogen and oxygen atoms in total. The first-order chi connectivity index (χ1) is 9.24. The number of hydrogen-bond acceptors (Lipinski definition) is 4. The normalized spacial score (nSPS) is 19.5. The fourth-order valence-corrected chi connectivity index (χ4v) is 2.84. The molecule has 0 spiro atoms. The molecule has 19 heavy (non-hydrogen) atoms. The molecule has 1 aliphatic rings. The zero-order valence-corrected chi connectivity index (χ0v) is 11.8. The van der Waals surface area contributed by atoms with Gasteiger partial charge in [-0.2, -0.15) is 0 Å². The summed E-state index contributed by atoms with van der Waals surface area (Å²) in [7, 11) is 0. The Morgan fingerprint density at radius 2 is 2.00 bits per heavy atom. The van der Waals surface area contributed by atoms with Crippen molar-refractivity contribution in [2.24, 2.45) is 5.73 Å². The molecule has 0 radical (unpaired) electrons. The second kappa shape index (κ2) is 6.89. The molecule has 4 heteroatoms. The van der Waals surface area contributed by atoms with Crippen molar-refractivity contribution in [2.45, 2.75) is 19.4 Å². The summed E-state index contributed by atoms with van der Waals surface area (Å²) in [4.78, 5) is 4.94. The molecular formula is C15H25N3O. The van der Waals surface area contributed by atoms with Crippen molar-refractivity contribution in [3.05, 3.63) is 29.8 Å². The van der Waals surface area contributed by atoms with Gasteiger partial charge in [0.25, 0.3) is 0 Å². The summed E-state index contributed by atoms with van der Waals surface area (Å²) in [6.07, 6.45) is 1.22. The molecule has 1 heterocycles. The predicted molar refractivity (Wildman–Crippen MR) is 78.2 cm³/mol. The lowest BCUT2D eigenvalue weighted by Gasteiger charge is -2.39. The zero-order chi connectivity index (χ0) is 13.7. The Hall–Kier alpha value is -1.10. The van der Waals surface area contributed by atoms with Crippen LogP contribution in [0.2, 0.25) is 0 Å². The molecule has 0 aliphatic carbocycles. The lowest BCUT2D eigenvalue weighted by Crippen LogP contribution is -2.49.